The molecule has 0 saturated carbocycles. The van der Waals surface area contributed by atoms with E-state index in [0.29, 0.717) is 24.4 Å². The zero-order valence-corrected chi connectivity index (χ0v) is 18.2. The van der Waals surface area contributed by atoms with Crippen LogP contribution in [0.4, 0.5) is 10.8 Å². The number of nitriles is 1. The van der Waals surface area contributed by atoms with Gasteiger partial charge in [-0.15, -0.1) is 11.3 Å². The van der Waals surface area contributed by atoms with Gasteiger partial charge in [-0.25, -0.2) is 4.98 Å². The topological polar surface area (TPSA) is 79.1 Å². The van der Waals surface area contributed by atoms with Crippen LogP contribution in [-0.2, 0) is 13.2 Å². The molecule has 2 heterocycles. The van der Waals surface area contributed by atoms with Gasteiger partial charge in [-0.1, -0.05) is 18.2 Å². The Morgan fingerprint density at radius 1 is 1.09 bits per heavy atom. The Labute approximate surface area is 190 Å². The average Bonchev–Trinajstić information content (AvgIpc) is 3.23. The maximum absolute atomic E-state index is 11.3. The first-order valence-electron chi connectivity index (χ1n) is 9.97. The van der Waals surface area contributed by atoms with Gasteiger partial charge < -0.3 is 9.64 Å². The third-order valence-electron chi connectivity index (χ3n) is 4.86. The van der Waals surface area contributed by atoms with Gasteiger partial charge in [0.05, 0.1) is 18.2 Å². The first-order valence-corrected chi connectivity index (χ1v) is 10.8. The molecule has 158 valence electrons. The molecule has 0 atom stereocenters. The highest BCUT2D eigenvalue weighted by atomic mass is 32.1. The molecule has 32 heavy (non-hydrogen) atoms. The molecule has 0 saturated heterocycles. The molecule has 0 fully saturated rings. The number of aryl methyl sites for hydroxylation is 1. The number of hydrogen-bond acceptors (Lipinski definition) is 7. The number of thiazole rings is 1. The number of carbonyl (C=O) groups excluding carboxylic acids is 1. The summed E-state index contributed by atoms with van der Waals surface area (Å²) in [4.78, 5) is 22.8. The largest absolute Gasteiger partial charge is 0.489 e. The number of pyridine rings is 1. The summed E-state index contributed by atoms with van der Waals surface area (Å²) in [6, 6.07) is 21.2. The standard InChI is InChI=1S/C25H20N4O2S/c1-18-24(16-30)28-25(32-18)29(22-8-4-19(13-26)5-9-22)15-20-6-10-23(11-7-20)31-17-21-3-2-12-27-14-21/h2-12,14,16H,15,17H2,1H3. The summed E-state index contributed by atoms with van der Waals surface area (Å²) in [7, 11) is 0. The lowest BCUT2D eigenvalue weighted by atomic mass is 10.1. The van der Waals surface area contributed by atoms with E-state index >= 15 is 0 Å². The highest BCUT2D eigenvalue weighted by Gasteiger charge is 2.17. The van der Waals surface area contributed by atoms with Crippen molar-refractivity contribution in [2.45, 2.75) is 20.1 Å². The molecule has 4 rings (SSSR count). The van der Waals surface area contributed by atoms with Crippen LogP contribution in [-0.4, -0.2) is 16.3 Å². The Kier molecular flexibility index (Phi) is 6.54. The van der Waals surface area contributed by atoms with Crippen LogP contribution in [0.5, 0.6) is 5.75 Å². The monoisotopic (exact) mass is 440 g/mol. The van der Waals surface area contributed by atoms with E-state index in [1.165, 1.54) is 11.3 Å². The minimum Gasteiger partial charge on any atom is -0.489 e. The molecule has 0 spiro atoms. The molecule has 7 heteroatoms. The fraction of sp³-hybridized carbons (Fsp3) is 0.120. The van der Waals surface area contributed by atoms with Crippen molar-refractivity contribution < 1.29 is 9.53 Å². The van der Waals surface area contributed by atoms with Crippen LogP contribution in [0.1, 0.15) is 32.1 Å². The number of hydrogen-bond donors (Lipinski definition) is 0. The number of aldehydes is 1. The number of carbonyl (C=O) groups is 1. The molecule has 0 aliphatic heterocycles. The average molecular weight is 441 g/mol. The van der Waals surface area contributed by atoms with Crippen molar-refractivity contribution in [3.05, 3.63) is 100 Å². The Hall–Kier alpha value is -4.02. The van der Waals surface area contributed by atoms with Gasteiger partial charge in [0.15, 0.2) is 11.4 Å². The maximum atomic E-state index is 11.3. The number of anilines is 2. The van der Waals surface area contributed by atoms with Gasteiger partial charge in [0.2, 0.25) is 0 Å². The van der Waals surface area contributed by atoms with E-state index in [1.54, 1.807) is 24.5 Å². The summed E-state index contributed by atoms with van der Waals surface area (Å²) in [6.07, 6.45) is 4.30. The molecule has 0 radical (unpaired) electrons. The lowest BCUT2D eigenvalue weighted by molar-refractivity contribution is 0.111. The van der Waals surface area contributed by atoms with Crippen LogP contribution >= 0.6 is 11.3 Å². The van der Waals surface area contributed by atoms with E-state index < -0.39 is 0 Å². The number of ether oxygens (including phenoxy) is 1. The van der Waals surface area contributed by atoms with Crippen molar-refractivity contribution in [3.63, 3.8) is 0 Å². The van der Waals surface area contributed by atoms with Gasteiger partial charge in [0, 0.05) is 28.5 Å². The molecule has 0 aliphatic rings. The third-order valence-corrected chi connectivity index (χ3v) is 5.87. The van der Waals surface area contributed by atoms with E-state index in [4.69, 9.17) is 10.00 Å². The molecule has 2 aromatic heterocycles. The van der Waals surface area contributed by atoms with Crippen molar-refractivity contribution in [2.24, 2.45) is 0 Å². The Morgan fingerprint density at radius 2 is 1.88 bits per heavy atom. The van der Waals surface area contributed by atoms with Crippen molar-refractivity contribution in [1.82, 2.24) is 9.97 Å². The molecular formula is C25H20N4O2S. The van der Waals surface area contributed by atoms with E-state index in [0.717, 1.165) is 38.9 Å². The molecule has 6 nitrogen and oxygen atoms in total. The Balaban J connectivity index is 1.54. The fourth-order valence-electron chi connectivity index (χ4n) is 3.13. The highest BCUT2D eigenvalue weighted by Crippen LogP contribution is 2.33. The van der Waals surface area contributed by atoms with E-state index in [9.17, 15) is 4.79 Å². The molecule has 2 aromatic carbocycles. The van der Waals surface area contributed by atoms with Gasteiger partial charge in [0.25, 0.3) is 0 Å². The van der Waals surface area contributed by atoms with E-state index in [-0.39, 0.29) is 0 Å². The first kappa shape index (κ1) is 21.2. The van der Waals surface area contributed by atoms with Crippen molar-refractivity contribution in [1.29, 1.82) is 5.26 Å². The van der Waals surface area contributed by atoms with E-state index in [1.807, 2.05) is 60.4 Å². The molecule has 0 aliphatic carbocycles. The van der Waals surface area contributed by atoms with Gasteiger partial charge in [-0.2, -0.15) is 5.26 Å². The normalized spacial score (nSPS) is 10.4. The maximum Gasteiger partial charge on any atom is 0.191 e. The third kappa shape index (κ3) is 4.99. The molecule has 0 amide bonds. The lowest BCUT2D eigenvalue weighted by Gasteiger charge is -2.22. The fourth-order valence-corrected chi connectivity index (χ4v) is 4.02. The predicted molar refractivity (Wildman–Crippen MR) is 124 cm³/mol. The molecular weight excluding hydrogens is 420 g/mol. The summed E-state index contributed by atoms with van der Waals surface area (Å²) < 4.78 is 5.85. The summed E-state index contributed by atoms with van der Waals surface area (Å²) >= 11 is 1.47. The second-order valence-corrected chi connectivity index (χ2v) is 8.28. The van der Waals surface area contributed by atoms with Gasteiger partial charge in [0.1, 0.15) is 18.1 Å². The summed E-state index contributed by atoms with van der Waals surface area (Å²) in [5.74, 6) is 0.774. The molecule has 0 unspecified atom stereocenters. The van der Waals surface area contributed by atoms with Gasteiger partial charge >= 0.3 is 0 Å². The molecule has 4 aromatic rings. The number of aromatic nitrogens is 2. The smallest absolute Gasteiger partial charge is 0.191 e. The number of nitrogens with zero attached hydrogens (tertiary/aromatic N) is 4. The number of rotatable bonds is 8. The van der Waals surface area contributed by atoms with Crippen LogP contribution < -0.4 is 9.64 Å². The van der Waals surface area contributed by atoms with Crippen LogP contribution in [0.2, 0.25) is 0 Å². The van der Waals surface area contributed by atoms with Crippen LogP contribution in [0, 0.1) is 18.3 Å². The van der Waals surface area contributed by atoms with Crippen molar-refractivity contribution >= 4 is 28.4 Å². The Morgan fingerprint density at radius 3 is 2.50 bits per heavy atom. The van der Waals surface area contributed by atoms with Crippen LogP contribution in [0.25, 0.3) is 0 Å². The SMILES string of the molecule is Cc1sc(N(Cc2ccc(OCc3cccnc3)cc2)c2ccc(C#N)cc2)nc1C=O. The van der Waals surface area contributed by atoms with Gasteiger partial charge in [-0.3, -0.25) is 9.78 Å². The molecule has 0 N–H and O–H groups in total. The lowest BCUT2D eigenvalue weighted by Crippen LogP contribution is -2.16. The summed E-state index contributed by atoms with van der Waals surface area (Å²) in [6.45, 7) is 2.90. The Bertz CT molecular complexity index is 1230. The van der Waals surface area contributed by atoms with Crippen LogP contribution in [0.15, 0.2) is 73.1 Å². The molecule has 0 bridgehead atoms. The van der Waals surface area contributed by atoms with Crippen LogP contribution in [0.3, 0.4) is 0 Å². The number of benzene rings is 2. The second-order valence-electron chi connectivity index (χ2n) is 7.09. The van der Waals surface area contributed by atoms with Crippen molar-refractivity contribution in [3.8, 4) is 11.8 Å². The van der Waals surface area contributed by atoms with Crippen molar-refractivity contribution in [2.75, 3.05) is 4.90 Å². The predicted octanol–water partition coefficient (Wildman–Crippen LogP) is 5.45. The zero-order chi connectivity index (χ0) is 22.3. The second kappa shape index (κ2) is 9.86. The zero-order valence-electron chi connectivity index (χ0n) is 17.4. The minimum absolute atomic E-state index is 0.447. The summed E-state index contributed by atoms with van der Waals surface area (Å²) in [5, 5.41) is 9.83. The minimum atomic E-state index is 0.447. The van der Waals surface area contributed by atoms with Gasteiger partial charge in [-0.05, 0) is 55.0 Å². The highest BCUT2D eigenvalue weighted by molar-refractivity contribution is 7.15. The quantitative estimate of drug-likeness (QED) is 0.339. The first-order chi connectivity index (χ1) is 15.7. The summed E-state index contributed by atoms with van der Waals surface area (Å²) in [5.41, 5.74) is 4.00. The van der Waals surface area contributed by atoms with E-state index in [2.05, 4.69) is 16.0 Å².